The SMILES string of the molecule is CN1c2ccccc2C(c2ccccc2)N(C)C1N1c2ccccc2-c2c(n(-c3ccc(-c4ccccc4)cc3)c3ccccc23)C2C=CC=CC21. The molecule has 6 aromatic carbocycles. The average molecular weight is 673 g/mol. The largest absolute Gasteiger partial charge is 0.341 e. The number of para-hydroxylation sites is 3. The standard InChI is InChI=1S/C48H40N4/c1-49-41-25-13-11-23-39(41)46(35-19-7-4-8-20-35)50(2)48(49)52-43-27-15-10-22-38(43)45-37-21-9-14-26-42(37)51(47(45)40-24-12-16-28-44(40)52)36-31-29-34(30-32-36)33-17-5-3-6-18-33/h3-32,40,44,46,48H,1-2H3. The zero-order valence-electron chi connectivity index (χ0n) is 29.4. The van der Waals surface area contributed by atoms with E-state index in [0.29, 0.717) is 0 Å². The number of nitrogens with zero attached hydrogens (tertiary/aromatic N) is 4. The fraction of sp³-hybridized carbons (Fsp3) is 0.125. The van der Waals surface area contributed by atoms with Gasteiger partial charge in [0.2, 0.25) is 0 Å². The second-order valence-electron chi connectivity index (χ2n) is 14.2. The first-order valence-electron chi connectivity index (χ1n) is 18.3. The van der Waals surface area contributed by atoms with Crippen LogP contribution in [0.4, 0.5) is 11.4 Å². The van der Waals surface area contributed by atoms with Crippen molar-refractivity contribution in [2.45, 2.75) is 24.3 Å². The molecule has 4 unspecified atom stereocenters. The van der Waals surface area contributed by atoms with Crippen LogP contribution >= 0.6 is 0 Å². The summed E-state index contributed by atoms with van der Waals surface area (Å²) >= 11 is 0. The van der Waals surface area contributed by atoms with Gasteiger partial charge in [0.05, 0.1) is 17.6 Å². The summed E-state index contributed by atoms with van der Waals surface area (Å²) in [5.41, 5.74) is 13.9. The third kappa shape index (κ3) is 4.64. The minimum absolute atomic E-state index is 0.0515. The molecule has 1 aliphatic carbocycles. The van der Waals surface area contributed by atoms with Crippen LogP contribution in [0.25, 0.3) is 38.8 Å². The van der Waals surface area contributed by atoms with Gasteiger partial charge in [-0.3, -0.25) is 4.90 Å². The van der Waals surface area contributed by atoms with Crippen molar-refractivity contribution in [1.29, 1.82) is 0 Å². The van der Waals surface area contributed by atoms with Crippen LogP contribution in [0.1, 0.15) is 28.8 Å². The maximum atomic E-state index is 2.70. The number of aromatic nitrogens is 1. The number of benzene rings is 6. The van der Waals surface area contributed by atoms with Gasteiger partial charge in [-0.15, -0.1) is 0 Å². The molecule has 0 radical (unpaired) electrons. The van der Waals surface area contributed by atoms with Crippen LogP contribution < -0.4 is 9.80 Å². The molecule has 0 fully saturated rings. The van der Waals surface area contributed by atoms with E-state index in [4.69, 9.17) is 0 Å². The minimum Gasteiger partial charge on any atom is -0.341 e. The first-order valence-corrected chi connectivity index (χ1v) is 18.3. The monoisotopic (exact) mass is 672 g/mol. The van der Waals surface area contributed by atoms with Crippen molar-refractivity contribution in [3.63, 3.8) is 0 Å². The molecule has 52 heavy (non-hydrogen) atoms. The maximum absolute atomic E-state index is 2.70. The van der Waals surface area contributed by atoms with E-state index in [1.54, 1.807) is 0 Å². The van der Waals surface area contributed by atoms with Crippen LogP contribution in [0, 0.1) is 0 Å². The maximum Gasteiger partial charge on any atom is 0.161 e. The lowest BCUT2D eigenvalue weighted by Gasteiger charge is -2.54. The van der Waals surface area contributed by atoms with Gasteiger partial charge in [-0.2, -0.15) is 0 Å². The molecule has 4 nitrogen and oxygen atoms in total. The summed E-state index contributed by atoms with van der Waals surface area (Å²) in [6, 6.07) is 57.9. The van der Waals surface area contributed by atoms with Crippen molar-refractivity contribution in [3.05, 3.63) is 199 Å². The predicted molar refractivity (Wildman–Crippen MR) is 216 cm³/mol. The van der Waals surface area contributed by atoms with Crippen molar-refractivity contribution >= 4 is 22.3 Å². The van der Waals surface area contributed by atoms with Crippen LogP contribution in [0.5, 0.6) is 0 Å². The Morgan fingerprint density at radius 1 is 0.538 bits per heavy atom. The summed E-state index contributed by atoms with van der Waals surface area (Å²) in [4.78, 5) is 7.75. The van der Waals surface area contributed by atoms with Crippen molar-refractivity contribution in [2.75, 3.05) is 23.9 Å². The molecule has 0 saturated heterocycles. The fourth-order valence-electron chi connectivity index (χ4n) is 9.26. The molecule has 0 amide bonds. The molecule has 3 heterocycles. The predicted octanol–water partition coefficient (Wildman–Crippen LogP) is 10.8. The molecule has 0 spiro atoms. The summed E-state index contributed by atoms with van der Waals surface area (Å²) in [7, 11) is 4.57. The number of allylic oxidation sites excluding steroid dienone is 2. The van der Waals surface area contributed by atoms with E-state index in [-0.39, 0.29) is 24.3 Å². The third-order valence-corrected chi connectivity index (χ3v) is 11.4. The highest BCUT2D eigenvalue weighted by molar-refractivity contribution is 6.03. The molecule has 0 bridgehead atoms. The van der Waals surface area contributed by atoms with Crippen LogP contribution in [-0.2, 0) is 0 Å². The molecule has 3 aliphatic rings. The summed E-state index contributed by atoms with van der Waals surface area (Å²) in [6.07, 6.45) is 9.28. The lowest BCUT2D eigenvalue weighted by atomic mass is 9.88. The van der Waals surface area contributed by atoms with Crippen molar-refractivity contribution in [1.82, 2.24) is 9.47 Å². The lowest BCUT2D eigenvalue weighted by molar-refractivity contribution is 0.170. The van der Waals surface area contributed by atoms with Crippen molar-refractivity contribution < 1.29 is 0 Å². The number of hydrogen-bond donors (Lipinski definition) is 0. The van der Waals surface area contributed by atoms with Crippen LogP contribution in [0.15, 0.2) is 182 Å². The normalized spacial score (nSPS) is 20.6. The van der Waals surface area contributed by atoms with Gasteiger partial charge in [-0.25, -0.2) is 0 Å². The molecule has 4 atom stereocenters. The molecule has 0 saturated carbocycles. The summed E-state index contributed by atoms with van der Waals surface area (Å²) in [6.45, 7) is 0. The Morgan fingerprint density at radius 3 is 1.98 bits per heavy atom. The summed E-state index contributed by atoms with van der Waals surface area (Å²) in [5, 5.41) is 1.28. The highest BCUT2D eigenvalue weighted by Crippen LogP contribution is 2.53. The molecular weight excluding hydrogens is 633 g/mol. The fourth-order valence-corrected chi connectivity index (χ4v) is 9.26. The Hall–Kier alpha value is -6.10. The number of rotatable bonds is 4. The molecule has 4 heteroatoms. The molecule has 10 rings (SSSR count). The van der Waals surface area contributed by atoms with Gasteiger partial charge < -0.3 is 14.4 Å². The number of hydrogen-bond acceptors (Lipinski definition) is 3. The highest BCUT2D eigenvalue weighted by atomic mass is 15.5. The van der Waals surface area contributed by atoms with Gasteiger partial charge in [0, 0.05) is 52.2 Å². The van der Waals surface area contributed by atoms with Gasteiger partial charge in [0.25, 0.3) is 0 Å². The van der Waals surface area contributed by atoms with Crippen molar-refractivity contribution in [2.24, 2.45) is 0 Å². The smallest absolute Gasteiger partial charge is 0.161 e. The molecule has 0 N–H and O–H groups in total. The van der Waals surface area contributed by atoms with Gasteiger partial charge >= 0.3 is 0 Å². The Balaban J connectivity index is 1.20. The first kappa shape index (κ1) is 30.7. The average Bonchev–Trinajstić information content (AvgIpc) is 3.49. The van der Waals surface area contributed by atoms with E-state index < -0.39 is 0 Å². The van der Waals surface area contributed by atoms with Gasteiger partial charge in [-0.05, 0) is 59.6 Å². The van der Waals surface area contributed by atoms with E-state index in [2.05, 4.69) is 215 Å². The first-order chi connectivity index (χ1) is 25.7. The van der Waals surface area contributed by atoms with E-state index in [1.807, 2.05) is 0 Å². The van der Waals surface area contributed by atoms with Gasteiger partial charge in [0.1, 0.15) is 0 Å². The third-order valence-electron chi connectivity index (χ3n) is 11.4. The zero-order valence-corrected chi connectivity index (χ0v) is 29.4. The van der Waals surface area contributed by atoms with Gasteiger partial charge in [-0.1, -0.05) is 152 Å². The molecule has 2 aliphatic heterocycles. The van der Waals surface area contributed by atoms with Crippen LogP contribution in [-0.4, -0.2) is 35.9 Å². The van der Waals surface area contributed by atoms with E-state index in [0.717, 1.165) is 0 Å². The summed E-state index contributed by atoms with van der Waals surface area (Å²) in [5.74, 6) is 0.0859. The van der Waals surface area contributed by atoms with Crippen molar-refractivity contribution in [3.8, 4) is 27.9 Å². The second-order valence-corrected chi connectivity index (χ2v) is 14.2. The molecule has 7 aromatic rings. The zero-order chi connectivity index (χ0) is 34.8. The lowest BCUT2D eigenvalue weighted by Crippen LogP contribution is -2.63. The van der Waals surface area contributed by atoms with Crippen LogP contribution in [0.2, 0.25) is 0 Å². The second kappa shape index (κ2) is 12.3. The van der Waals surface area contributed by atoms with Crippen LogP contribution in [0.3, 0.4) is 0 Å². The quantitative estimate of drug-likeness (QED) is 0.185. The van der Waals surface area contributed by atoms with Gasteiger partial charge in [0.15, 0.2) is 6.29 Å². The Morgan fingerprint density at radius 2 is 1.17 bits per heavy atom. The number of anilines is 2. The van der Waals surface area contributed by atoms with E-state index in [9.17, 15) is 0 Å². The Labute approximate surface area is 305 Å². The molecular formula is C48H40N4. The topological polar surface area (TPSA) is 14.7 Å². The van der Waals surface area contributed by atoms with E-state index >= 15 is 0 Å². The molecule has 252 valence electrons. The molecule has 1 aromatic heterocycles. The Bertz CT molecular complexity index is 2480. The minimum atomic E-state index is -0.0706. The Kier molecular flexibility index (Phi) is 7.26. The summed E-state index contributed by atoms with van der Waals surface area (Å²) < 4.78 is 2.54. The number of fused-ring (bicyclic) bond motifs is 8. The van der Waals surface area contributed by atoms with E-state index in [1.165, 1.54) is 67.0 Å². The highest BCUT2D eigenvalue weighted by Gasteiger charge is 2.46.